The van der Waals surface area contributed by atoms with Gasteiger partial charge in [0.05, 0.1) is 18.1 Å². The molecule has 0 saturated heterocycles. The SMILES string of the molecule is CC(O)Cc1c(-c2ccccc2)ncn1Cc1cccc(O)c1. The van der Waals surface area contributed by atoms with Crippen LogP contribution in [0.1, 0.15) is 18.2 Å². The first-order chi connectivity index (χ1) is 11.1. The second-order valence-electron chi connectivity index (χ2n) is 5.76. The summed E-state index contributed by atoms with van der Waals surface area (Å²) in [4.78, 5) is 4.55. The summed E-state index contributed by atoms with van der Waals surface area (Å²) in [5.74, 6) is 0.253. The van der Waals surface area contributed by atoms with Crippen molar-refractivity contribution in [2.24, 2.45) is 0 Å². The van der Waals surface area contributed by atoms with E-state index in [-0.39, 0.29) is 5.75 Å². The molecule has 2 N–H and O–H groups in total. The molecule has 3 aromatic rings. The fourth-order valence-electron chi connectivity index (χ4n) is 2.73. The van der Waals surface area contributed by atoms with Gasteiger partial charge in [-0.05, 0) is 24.6 Å². The first-order valence-corrected chi connectivity index (χ1v) is 7.69. The molecule has 2 aromatic carbocycles. The van der Waals surface area contributed by atoms with Gasteiger partial charge in [-0.15, -0.1) is 0 Å². The minimum Gasteiger partial charge on any atom is -0.508 e. The molecule has 4 nitrogen and oxygen atoms in total. The quantitative estimate of drug-likeness (QED) is 0.761. The van der Waals surface area contributed by atoms with Crippen LogP contribution in [0.5, 0.6) is 5.75 Å². The van der Waals surface area contributed by atoms with Gasteiger partial charge in [0.15, 0.2) is 0 Å². The van der Waals surface area contributed by atoms with Gasteiger partial charge in [0.1, 0.15) is 5.75 Å². The fourth-order valence-corrected chi connectivity index (χ4v) is 2.73. The summed E-state index contributed by atoms with van der Waals surface area (Å²) < 4.78 is 2.03. The molecule has 4 heteroatoms. The van der Waals surface area contributed by atoms with E-state index in [2.05, 4.69) is 4.98 Å². The zero-order valence-corrected chi connectivity index (χ0v) is 13.1. The Morgan fingerprint density at radius 3 is 2.57 bits per heavy atom. The van der Waals surface area contributed by atoms with Crippen molar-refractivity contribution < 1.29 is 10.2 Å². The minimum absolute atomic E-state index is 0.253. The van der Waals surface area contributed by atoms with Gasteiger partial charge in [-0.1, -0.05) is 42.5 Å². The Labute approximate surface area is 135 Å². The second-order valence-corrected chi connectivity index (χ2v) is 5.76. The van der Waals surface area contributed by atoms with Crippen molar-refractivity contribution in [3.63, 3.8) is 0 Å². The number of nitrogens with zero attached hydrogens (tertiary/aromatic N) is 2. The lowest BCUT2D eigenvalue weighted by Crippen LogP contribution is -2.11. The topological polar surface area (TPSA) is 58.3 Å². The summed E-state index contributed by atoms with van der Waals surface area (Å²) in [7, 11) is 0. The number of hydrogen-bond acceptors (Lipinski definition) is 3. The highest BCUT2D eigenvalue weighted by molar-refractivity contribution is 5.62. The molecule has 0 bridgehead atoms. The van der Waals surface area contributed by atoms with Crippen molar-refractivity contribution in [2.75, 3.05) is 0 Å². The molecule has 1 aromatic heterocycles. The van der Waals surface area contributed by atoms with Gasteiger partial charge >= 0.3 is 0 Å². The van der Waals surface area contributed by atoms with E-state index in [0.717, 1.165) is 22.5 Å². The standard InChI is InChI=1S/C19H20N2O2/c1-14(22)10-18-19(16-7-3-2-4-8-16)20-13-21(18)12-15-6-5-9-17(23)11-15/h2-9,11,13-14,22-23H,10,12H2,1H3. The zero-order chi connectivity index (χ0) is 16.2. The second kappa shape index (κ2) is 6.67. The monoisotopic (exact) mass is 308 g/mol. The van der Waals surface area contributed by atoms with Crippen molar-refractivity contribution in [3.8, 4) is 17.0 Å². The Kier molecular flexibility index (Phi) is 4.44. The van der Waals surface area contributed by atoms with E-state index in [4.69, 9.17) is 0 Å². The zero-order valence-electron chi connectivity index (χ0n) is 13.1. The molecule has 0 aliphatic rings. The van der Waals surface area contributed by atoms with E-state index in [1.165, 1.54) is 0 Å². The molecule has 3 rings (SSSR count). The predicted octanol–water partition coefficient (Wildman–Crippen LogP) is 3.23. The molecule has 118 valence electrons. The van der Waals surface area contributed by atoms with Crippen LogP contribution in [-0.2, 0) is 13.0 Å². The third-order valence-electron chi connectivity index (χ3n) is 3.75. The molecule has 1 heterocycles. The maximum absolute atomic E-state index is 9.85. The fraction of sp³-hybridized carbons (Fsp3) is 0.211. The maximum atomic E-state index is 9.85. The number of rotatable bonds is 5. The third kappa shape index (κ3) is 3.60. The predicted molar refractivity (Wildman–Crippen MR) is 90.3 cm³/mol. The van der Waals surface area contributed by atoms with Crippen LogP contribution in [0.2, 0.25) is 0 Å². The molecule has 0 fully saturated rings. The van der Waals surface area contributed by atoms with Crippen LogP contribution < -0.4 is 0 Å². The van der Waals surface area contributed by atoms with Gasteiger partial charge in [0, 0.05) is 24.2 Å². The summed E-state index contributed by atoms with van der Waals surface area (Å²) >= 11 is 0. The van der Waals surface area contributed by atoms with Gasteiger partial charge < -0.3 is 14.8 Å². The highest BCUT2D eigenvalue weighted by Crippen LogP contribution is 2.24. The number of aliphatic hydroxyl groups is 1. The number of phenols is 1. The average molecular weight is 308 g/mol. The first-order valence-electron chi connectivity index (χ1n) is 7.69. The molecular weight excluding hydrogens is 288 g/mol. The van der Waals surface area contributed by atoms with E-state index in [9.17, 15) is 10.2 Å². The molecule has 0 aliphatic heterocycles. The molecule has 0 amide bonds. The van der Waals surface area contributed by atoms with Crippen molar-refractivity contribution in [3.05, 3.63) is 72.2 Å². The molecular formula is C19H20N2O2. The normalized spacial score (nSPS) is 12.3. The number of imidazole rings is 1. The molecule has 0 aliphatic carbocycles. The van der Waals surface area contributed by atoms with E-state index < -0.39 is 6.10 Å². The van der Waals surface area contributed by atoms with E-state index in [1.807, 2.05) is 47.0 Å². The number of benzene rings is 2. The first kappa shape index (κ1) is 15.3. The molecule has 23 heavy (non-hydrogen) atoms. The maximum Gasteiger partial charge on any atom is 0.115 e. The van der Waals surface area contributed by atoms with Gasteiger partial charge in [-0.3, -0.25) is 0 Å². The van der Waals surface area contributed by atoms with E-state index >= 15 is 0 Å². The van der Waals surface area contributed by atoms with Crippen molar-refractivity contribution in [1.82, 2.24) is 9.55 Å². The third-order valence-corrected chi connectivity index (χ3v) is 3.75. The van der Waals surface area contributed by atoms with Gasteiger partial charge in [0.25, 0.3) is 0 Å². The van der Waals surface area contributed by atoms with Crippen LogP contribution in [0.25, 0.3) is 11.3 Å². The molecule has 1 unspecified atom stereocenters. The minimum atomic E-state index is -0.447. The number of aromatic hydroxyl groups is 1. The summed E-state index contributed by atoms with van der Waals surface area (Å²) in [5, 5.41) is 19.5. The van der Waals surface area contributed by atoms with Crippen molar-refractivity contribution in [1.29, 1.82) is 0 Å². The van der Waals surface area contributed by atoms with Crippen LogP contribution in [0.3, 0.4) is 0 Å². The number of aromatic nitrogens is 2. The Morgan fingerprint density at radius 2 is 1.87 bits per heavy atom. The van der Waals surface area contributed by atoms with Gasteiger partial charge in [-0.2, -0.15) is 0 Å². The Morgan fingerprint density at radius 1 is 1.09 bits per heavy atom. The van der Waals surface area contributed by atoms with Gasteiger partial charge in [0.2, 0.25) is 0 Å². The number of hydrogen-bond donors (Lipinski definition) is 2. The summed E-state index contributed by atoms with van der Waals surface area (Å²) in [6.07, 6.45) is 1.88. The smallest absolute Gasteiger partial charge is 0.115 e. The lowest BCUT2D eigenvalue weighted by atomic mass is 10.1. The highest BCUT2D eigenvalue weighted by atomic mass is 16.3. The van der Waals surface area contributed by atoms with Crippen LogP contribution in [0.15, 0.2) is 60.9 Å². The van der Waals surface area contributed by atoms with Crippen LogP contribution in [0, 0.1) is 0 Å². The Balaban J connectivity index is 1.98. The molecule has 0 saturated carbocycles. The van der Waals surface area contributed by atoms with E-state index in [1.54, 1.807) is 25.4 Å². The van der Waals surface area contributed by atoms with Crippen LogP contribution >= 0.6 is 0 Å². The van der Waals surface area contributed by atoms with Crippen LogP contribution in [0.4, 0.5) is 0 Å². The summed E-state index contributed by atoms with van der Waals surface area (Å²) in [6.45, 7) is 2.39. The van der Waals surface area contributed by atoms with Crippen molar-refractivity contribution >= 4 is 0 Å². The Bertz CT molecular complexity index is 779. The molecule has 0 radical (unpaired) electrons. The average Bonchev–Trinajstić information content (AvgIpc) is 2.90. The lowest BCUT2D eigenvalue weighted by Gasteiger charge is -2.12. The largest absolute Gasteiger partial charge is 0.508 e. The van der Waals surface area contributed by atoms with E-state index in [0.29, 0.717) is 13.0 Å². The molecule has 1 atom stereocenters. The Hall–Kier alpha value is -2.59. The summed E-state index contributed by atoms with van der Waals surface area (Å²) in [5.41, 5.74) is 3.92. The van der Waals surface area contributed by atoms with Crippen LogP contribution in [-0.4, -0.2) is 25.9 Å². The molecule has 0 spiro atoms. The van der Waals surface area contributed by atoms with Crippen molar-refractivity contribution in [2.45, 2.75) is 26.0 Å². The number of phenolic OH excluding ortho intramolecular Hbond substituents is 1. The van der Waals surface area contributed by atoms with Gasteiger partial charge in [-0.25, -0.2) is 4.98 Å². The summed E-state index contributed by atoms with van der Waals surface area (Å²) in [6, 6.07) is 17.2. The number of aliphatic hydroxyl groups excluding tert-OH is 1. The highest BCUT2D eigenvalue weighted by Gasteiger charge is 2.15. The lowest BCUT2D eigenvalue weighted by molar-refractivity contribution is 0.193.